The number of ether oxygens (including phenoxy) is 1. The third-order valence-electron chi connectivity index (χ3n) is 5.10. The molecule has 1 amide bonds. The number of halogens is 1. The highest BCUT2D eigenvalue weighted by Crippen LogP contribution is 2.30. The average Bonchev–Trinajstić information content (AvgIpc) is 2.73. The van der Waals surface area contributed by atoms with Crippen molar-refractivity contribution < 1.29 is 13.9 Å². The smallest absolute Gasteiger partial charge is 0.344 e. The molecule has 0 saturated carbocycles. The highest BCUT2D eigenvalue weighted by molar-refractivity contribution is 9.10. The molecule has 0 radical (unpaired) electrons. The molecule has 0 spiro atoms. The Bertz CT molecular complexity index is 1370. The van der Waals surface area contributed by atoms with Gasteiger partial charge in [0.1, 0.15) is 11.3 Å². The van der Waals surface area contributed by atoms with Crippen LogP contribution in [-0.2, 0) is 0 Å². The molecule has 0 bridgehead atoms. The van der Waals surface area contributed by atoms with Gasteiger partial charge in [0, 0.05) is 15.5 Å². The zero-order valence-electron chi connectivity index (χ0n) is 17.3. The third kappa shape index (κ3) is 4.11. The Hall–Kier alpha value is -3.38. The molecule has 0 fully saturated rings. The third-order valence-corrected chi connectivity index (χ3v) is 5.56. The lowest BCUT2D eigenvalue weighted by Crippen LogP contribution is -2.14. The van der Waals surface area contributed by atoms with Gasteiger partial charge in [0.2, 0.25) is 0 Å². The quantitative estimate of drug-likeness (QED) is 0.360. The van der Waals surface area contributed by atoms with Crippen molar-refractivity contribution >= 4 is 38.5 Å². The van der Waals surface area contributed by atoms with Crippen LogP contribution < -0.4 is 15.7 Å². The molecule has 0 aliphatic carbocycles. The zero-order chi connectivity index (χ0) is 22.1. The van der Waals surface area contributed by atoms with Gasteiger partial charge in [0.05, 0.1) is 18.2 Å². The number of carbonyl (C=O) groups excluding carboxylic acids is 1. The van der Waals surface area contributed by atoms with E-state index in [1.807, 2.05) is 56.3 Å². The molecular formula is C25H20BrNO4. The van der Waals surface area contributed by atoms with Crippen molar-refractivity contribution in [3.05, 3.63) is 92.2 Å². The summed E-state index contributed by atoms with van der Waals surface area (Å²) in [6.07, 6.45) is 0. The second-order valence-corrected chi connectivity index (χ2v) is 8.19. The summed E-state index contributed by atoms with van der Waals surface area (Å²) in [7, 11) is 1.54. The van der Waals surface area contributed by atoms with Crippen LogP contribution in [0.1, 0.15) is 21.5 Å². The molecule has 0 atom stereocenters. The lowest BCUT2D eigenvalue weighted by molar-refractivity contribution is 0.102. The van der Waals surface area contributed by atoms with E-state index in [0.29, 0.717) is 28.1 Å². The van der Waals surface area contributed by atoms with Crippen LogP contribution in [0.4, 0.5) is 5.69 Å². The van der Waals surface area contributed by atoms with Crippen LogP contribution in [-0.4, -0.2) is 13.0 Å². The Morgan fingerprint density at radius 3 is 2.48 bits per heavy atom. The molecular weight excluding hydrogens is 458 g/mol. The number of para-hydroxylation sites is 1. The molecule has 4 rings (SSSR count). The summed E-state index contributed by atoms with van der Waals surface area (Å²) < 4.78 is 11.7. The number of amides is 1. The van der Waals surface area contributed by atoms with Gasteiger partial charge in [-0.1, -0.05) is 40.2 Å². The molecule has 0 saturated heterocycles. The lowest BCUT2D eigenvalue weighted by atomic mass is 10.00. The van der Waals surface area contributed by atoms with Crippen LogP contribution in [0, 0.1) is 13.8 Å². The van der Waals surface area contributed by atoms with Crippen molar-refractivity contribution in [2.45, 2.75) is 13.8 Å². The van der Waals surface area contributed by atoms with Gasteiger partial charge in [-0.3, -0.25) is 4.79 Å². The molecule has 4 aromatic rings. The molecule has 5 nitrogen and oxygen atoms in total. The first-order valence-corrected chi connectivity index (χ1v) is 10.5. The predicted octanol–water partition coefficient (Wildman–Crippen LogP) is 6.10. The average molecular weight is 478 g/mol. The summed E-state index contributed by atoms with van der Waals surface area (Å²) >= 11 is 3.43. The molecule has 0 aliphatic rings. The number of anilines is 1. The molecule has 1 heterocycles. The molecule has 0 unspecified atom stereocenters. The summed E-state index contributed by atoms with van der Waals surface area (Å²) in [5, 5.41) is 3.76. The highest BCUT2D eigenvalue weighted by atomic mass is 79.9. The Labute approximate surface area is 187 Å². The van der Waals surface area contributed by atoms with E-state index >= 15 is 0 Å². The second kappa shape index (κ2) is 8.40. The largest absolute Gasteiger partial charge is 0.496 e. The van der Waals surface area contributed by atoms with Crippen molar-refractivity contribution in [2.75, 3.05) is 12.4 Å². The predicted molar refractivity (Wildman–Crippen MR) is 126 cm³/mol. The molecule has 6 heteroatoms. The van der Waals surface area contributed by atoms with Gasteiger partial charge < -0.3 is 14.5 Å². The second-order valence-electron chi connectivity index (χ2n) is 7.27. The zero-order valence-corrected chi connectivity index (χ0v) is 18.9. The van der Waals surface area contributed by atoms with E-state index in [9.17, 15) is 9.59 Å². The topological polar surface area (TPSA) is 68.5 Å². The van der Waals surface area contributed by atoms with Crippen LogP contribution in [0.2, 0.25) is 0 Å². The fraction of sp³-hybridized carbons (Fsp3) is 0.120. The van der Waals surface area contributed by atoms with Crippen molar-refractivity contribution in [2.24, 2.45) is 0 Å². The van der Waals surface area contributed by atoms with Gasteiger partial charge in [0.15, 0.2) is 0 Å². The van der Waals surface area contributed by atoms with E-state index < -0.39 is 5.63 Å². The SMILES string of the molecule is COc1c(C)cc(Br)cc1C(=O)Nc1ccc(-c2cc3ccccc3oc2=O)c(C)c1. The fourth-order valence-corrected chi connectivity index (χ4v) is 4.23. The number of benzene rings is 3. The number of hydrogen-bond acceptors (Lipinski definition) is 4. The lowest BCUT2D eigenvalue weighted by Gasteiger charge is -2.14. The Morgan fingerprint density at radius 1 is 0.968 bits per heavy atom. The minimum atomic E-state index is -0.395. The van der Waals surface area contributed by atoms with Crippen molar-refractivity contribution in [3.63, 3.8) is 0 Å². The summed E-state index contributed by atoms with van der Waals surface area (Å²) in [5.74, 6) is 0.251. The van der Waals surface area contributed by atoms with E-state index in [1.54, 1.807) is 25.3 Å². The number of carbonyl (C=O) groups is 1. The van der Waals surface area contributed by atoms with E-state index in [4.69, 9.17) is 9.15 Å². The standard InChI is InChI=1S/C25H20BrNO4/c1-14-11-18(27-24(28)21-13-17(26)10-15(2)23(21)30-3)8-9-19(14)20-12-16-6-4-5-7-22(16)31-25(20)29/h4-13H,1-3H3,(H,27,28). The molecule has 0 aliphatic heterocycles. The van der Waals surface area contributed by atoms with Gasteiger partial charge in [-0.05, 0) is 66.9 Å². The molecule has 1 aromatic heterocycles. The number of methoxy groups -OCH3 is 1. The van der Waals surface area contributed by atoms with Crippen molar-refractivity contribution in [3.8, 4) is 16.9 Å². The monoisotopic (exact) mass is 477 g/mol. The van der Waals surface area contributed by atoms with Crippen LogP contribution in [0.15, 0.2) is 74.3 Å². The normalized spacial score (nSPS) is 10.8. The summed E-state index contributed by atoms with van der Waals surface area (Å²) in [6.45, 7) is 3.78. The first-order valence-electron chi connectivity index (χ1n) is 9.67. The van der Waals surface area contributed by atoms with Crippen molar-refractivity contribution in [1.82, 2.24) is 0 Å². The maximum absolute atomic E-state index is 12.9. The minimum absolute atomic E-state index is 0.279. The summed E-state index contributed by atoms with van der Waals surface area (Å²) in [6, 6.07) is 18.3. The molecule has 3 aromatic carbocycles. The van der Waals surface area contributed by atoms with E-state index in [-0.39, 0.29) is 5.91 Å². The summed E-state index contributed by atoms with van der Waals surface area (Å²) in [5.41, 5.74) is 4.16. The number of hydrogen-bond donors (Lipinski definition) is 1. The Balaban J connectivity index is 1.67. The fourth-order valence-electron chi connectivity index (χ4n) is 3.66. The minimum Gasteiger partial charge on any atom is -0.496 e. The van der Waals surface area contributed by atoms with Crippen LogP contribution in [0.25, 0.3) is 22.1 Å². The van der Waals surface area contributed by atoms with E-state index in [2.05, 4.69) is 21.2 Å². The van der Waals surface area contributed by atoms with Gasteiger partial charge in [-0.2, -0.15) is 0 Å². The maximum atomic E-state index is 12.9. The van der Waals surface area contributed by atoms with Gasteiger partial charge >= 0.3 is 5.63 Å². The molecule has 156 valence electrons. The number of rotatable bonds is 4. The van der Waals surface area contributed by atoms with Gasteiger partial charge in [0.25, 0.3) is 5.91 Å². The maximum Gasteiger partial charge on any atom is 0.344 e. The van der Waals surface area contributed by atoms with Crippen molar-refractivity contribution in [1.29, 1.82) is 0 Å². The van der Waals surface area contributed by atoms with Crippen LogP contribution >= 0.6 is 15.9 Å². The van der Waals surface area contributed by atoms with Crippen LogP contribution in [0.5, 0.6) is 5.75 Å². The van der Waals surface area contributed by atoms with E-state index in [1.165, 1.54) is 0 Å². The van der Waals surface area contributed by atoms with Crippen LogP contribution in [0.3, 0.4) is 0 Å². The summed E-state index contributed by atoms with van der Waals surface area (Å²) in [4.78, 5) is 25.4. The van der Waals surface area contributed by atoms with E-state index in [0.717, 1.165) is 26.5 Å². The first kappa shape index (κ1) is 20.9. The highest BCUT2D eigenvalue weighted by Gasteiger charge is 2.17. The molecule has 31 heavy (non-hydrogen) atoms. The number of nitrogens with one attached hydrogen (secondary N) is 1. The first-order chi connectivity index (χ1) is 14.9. The number of aryl methyl sites for hydroxylation is 2. The Kier molecular flexibility index (Phi) is 5.65. The molecule has 1 N–H and O–H groups in total. The van der Waals surface area contributed by atoms with Gasteiger partial charge in [-0.15, -0.1) is 0 Å². The Morgan fingerprint density at radius 2 is 1.74 bits per heavy atom. The van der Waals surface area contributed by atoms with Gasteiger partial charge in [-0.25, -0.2) is 4.79 Å². The number of fused-ring (bicyclic) bond motifs is 1.